The summed E-state index contributed by atoms with van der Waals surface area (Å²) in [5.41, 5.74) is 3.49. The molecule has 0 bridgehead atoms. The first kappa shape index (κ1) is 13.6. The molecule has 2 aromatic rings. The molecule has 0 aliphatic rings. The third-order valence-corrected chi connectivity index (χ3v) is 3.31. The molecule has 1 atom stereocenters. The lowest BCUT2D eigenvalue weighted by atomic mass is 9.94. The van der Waals surface area contributed by atoms with Gasteiger partial charge in [-0.2, -0.15) is 0 Å². The molecule has 0 aromatic heterocycles. The quantitative estimate of drug-likeness (QED) is 0.867. The van der Waals surface area contributed by atoms with Gasteiger partial charge in [0.05, 0.1) is 0 Å². The van der Waals surface area contributed by atoms with E-state index in [9.17, 15) is 5.11 Å². The van der Waals surface area contributed by atoms with Crippen LogP contribution >= 0.6 is 0 Å². The van der Waals surface area contributed by atoms with Crippen molar-refractivity contribution in [2.45, 2.75) is 26.4 Å². The van der Waals surface area contributed by atoms with Gasteiger partial charge in [0.25, 0.3) is 0 Å². The second-order valence-electron chi connectivity index (χ2n) is 5.26. The third-order valence-electron chi connectivity index (χ3n) is 3.31. The fraction of sp³-hybridized carbons (Fsp3) is 0.222. The van der Waals surface area contributed by atoms with Gasteiger partial charge >= 0.3 is 0 Å². The Balaban J connectivity index is 2.20. The molecule has 0 aliphatic carbocycles. The average Bonchev–Trinajstić information content (AvgIpc) is 2.39. The summed E-state index contributed by atoms with van der Waals surface area (Å²) >= 11 is 0. The number of benzene rings is 2. The van der Waals surface area contributed by atoms with E-state index in [1.807, 2.05) is 50.3 Å². The molecule has 0 radical (unpaired) electrons. The van der Waals surface area contributed by atoms with Gasteiger partial charge < -0.3 is 5.11 Å². The Morgan fingerprint density at radius 1 is 0.842 bits per heavy atom. The summed E-state index contributed by atoms with van der Waals surface area (Å²) in [6, 6.07) is 16.2. The molecule has 0 heterocycles. The van der Waals surface area contributed by atoms with Crippen LogP contribution in [0.2, 0.25) is 0 Å². The van der Waals surface area contributed by atoms with Gasteiger partial charge in [-0.3, -0.25) is 0 Å². The summed E-state index contributed by atoms with van der Waals surface area (Å²) in [5, 5.41) is 10.5. The number of hydrogen-bond acceptors (Lipinski definition) is 1. The van der Waals surface area contributed by atoms with Gasteiger partial charge in [-0.15, -0.1) is 0 Å². The Bertz CT molecular complexity index is 560. The molecule has 1 unspecified atom stereocenters. The predicted octanol–water partition coefficient (Wildman–Crippen LogP) is 4.22. The summed E-state index contributed by atoms with van der Waals surface area (Å²) < 4.78 is 0. The molecular weight excluding hydrogens is 232 g/mol. The zero-order valence-electron chi connectivity index (χ0n) is 11.7. The van der Waals surface area contributed by atoms with Crippen LogP contribution in [0.1, 0.15) is 29.2 Å². The fourth-order valence-electron chi connectivity index (χ4n) is 1.92. The van der Waals surface area contributed by atoms with Gasteiger partial charge in [0.15, 0.2) is 0 Å². The van der Waals surface area contributed by atoms with Gasteiger partial charge in [-0.05, 0) is 38.0 Å². The third kappa shape index (κ3) is 3.55. The van der Waals surface area contributed by atoms with E-state index in [2.05, 4.69) is 31.2 Å². The van der Waals surface area contributed by atoms with Crippen molar-refractivity contribution in [3.05, 3.63) is 76.9 Å². The maximum absolute atomic E-state index is 10.5. The lowest BCUT2D eigenvalue weighted by molar-refractivity contribution is 0.112. The van der Waals surface area contributed by atoms with Gasteiger partial charge in [0.2, 0.25) is 0 Å². The molecule has 0 spiro atoms. The second-order valence-corrected chi connectivity index (χ2v) is 5.26. The van der Waals surface area contributed by atoms with Crippen LogP contribution in [0.25, 0.3) is 6.08 Å². The van der Waals surface area contributed by atoms with Crippen LogP contribution in [0.5, 0.6) is 0 Å². The average molecular weight is 252 g/mol. The van der Waals surface area contributed by atoms with E-state index >= 15 is 0 Å². The monoisotopic (exact) mass is 252 g/mol. The van der Waals surface area contributed by atoms with E-state index < -0.39 is 5.60 Å². The Morgan fingerprint density at radius 2 is 1.32 bits per heavy atom. The largest absolute Gasteiger partial charge is 0.381 e. The summed E-state index contributed by atoms with van der Waals surface area (Å²) in [5.74, 6) is 0. The molecule has 1 N–H and O–H groups in total. The highest BCUT2D eigenvalue weighted by atomic mass is 16.3. The summed E-state index contributed by atoms with van der Waals surface area (Å²) in [6.45, 7) is 5.92. The zero-order chi connectivity index (χ0) is 13.9. The van der Waals surface area contributed by atoms with Gasteiger partial charge in [0, 0.05) is 0 Å². The molecule has 0 aliphatic heterocycles. The Hall–Kier alpha value is -1.86. The molecular formula is C18H20O. The molecule has 2 rings (SSSR count). The highest BCUT2D eigenvalue weighted by Gasteiger charge is 2.18. The number of rotatable bonds is 3. The molecule has 0 fully saturated rings. The van der Waals surface area contributed by atoms with Crippen LogP contribution in [0, 0.1) is 13.8 Å². The summed E-state index contributed by atoms with van der Waals surface area (Å²) in [4.78, 5) is 0. The Labute approximate surface area is 115 Å². The van der Waals surface area contributed by atoms with E-state index in [0.717, 1.165) is 11.1 Å². The van der Waals surface area contributed by atoms with Crippen molar-refractivity contribution in [2.75, 3.05) is 0 Å². The van der Waals surface area contributed by atoms with Gasteiger partial charge in [-0.1, -0.05) is 65.7 Å². The molecule has 0 amide bonds. The summed E-state index contributed by atoms with van der Waals surface area (Å²) in [6.07, 6.45) is 3.79. The van der Waals surface area contributed by atoms with Crippen molar-refractivity contribution in [3.8, 4) is 0 Å². The topological polar surface area (TPSA) is 20.2 Å². The first-order chi connectivity index (χ1) is 8.97. The minimum absolute atomic E-state index is 0.904. The first-order valence-corrected chi connectivity index (χ1v) is 6.53. The van der Waals surface area contributed by atoms with Crippen LogP contribution < -0.4 is 0 Å². The fourth-order valence-corrected chi connectivity index (χ4v) is 1.92. The van der Waals surface area contributed by atoms with Crippen molar-refractivity contribution in [1.29, 1.82) is 0 Å². The van der Waals surface area contributed by atoms with Crippen LogP contribution in [-0.2, 0) is 5.60 Å². The molecule has 2 aromatic carbocycles. The maximum atomic E-state index is 10.5. The minimum Gasteiger partial charge on any atom is -0.381 e. The highest BCUT2D eigenvalue weighted by molar-refractivity contribution is 5.52. The first-order valence-electron chi connectivity index (χ1n) is 6.53. The molecule has 0 saturated carbocycles. The van der Waals surface area contributed by atoms with Gasteiger partial charge in [-0.25, -0.2) is 0 Å². The lowest BCUT2D eigenvalue weighted by Gasteiger charge is -2.19. The van der Waals surface area contributed by atoms with Crippen molar-refractivity contribution >= 4 is 6.08 Å². The standard InChI is InChI=1S/C18H20O/c1-14-4-8-16(9-5-14)12-13-18(3,19)17-10-6-15(2)7-11-17/h4-13,19H,1-3H3/b13-12+. The van der Waals surface area contributed by atoms with E-state index in [0.29, 0.717) is 0 Å². The smallest absolute Gasteiger partial charge is 0.105 e. The van der Waals surface area contributed by atoms with Crippen molar-refractivity contribution in [1.82, 2.24) is 0 Å². The molecule has 98 valence electrons. The SMILES string of the molecule is Cc1ccc(/C=C/C(C)(O)c2ccc(C)cc2)cc1. The Morgan fingerprint density at radius 3 is 1.84 bits per heavy atom. The van der Waals surface area contributed by atoms with Crippen molar-refractivity contribution in [2.24, 2.45) is 0 Å². The minimum atomic E-state index is -0.946. The van der Waals surface area contributed by atoms with Crippen LogP contribution in [0.15, 0.2) is 54.6 Å². The Kier molecular flexibility index (Phi) is 3.87. The van der Waals surface area contributed by atoms with Gasteiger partial charge in [0.1, 0.15) is 5.60 Å². The highest BCUT2D eigenvalue weighted by Crippen LogP contribution is 2.23. The van der Waals surface area contributed by atoms with Crippen LogP contribution in [-0.4, -0.2) is 5.11 Å². The molecule has 1 nitrogen and oxygen atoms in total. The number of hydrogen-bond donors (Lipinski definition) is 1. The molecule has 19 heavy (non-hydrogen) atoms. The van der Waals surface area contributed by atoms with Crippen molar-refractivity contribution < 1.29 is 5.11 Å². The maximum Gasteiger partial charge on any atom is 0.105 e. The zero-order valence-corrected chi connectivity index (χ0v) is 11.7. The number of aliphatic hydroxyl groups is 1. The van der Waals surface area contributed by atoms with E-state index in [-0.39, 0.29) is 0 Å². The van der Waals surface area contributed by atoms with Crippen LogP contribution in [0.4, 0.5) is 0 Å². The second kappa shape index (κ2) is 5.41. The van der Waals surface area contributed by atoms with E-state index in [4.69, 9.17) is 0 Å². The van der Waals surface area contributed by atoms with Crippen molar-refractivity contribution in [3.63, 3.8) is 0 Å². The van der Waals surface area contributed by atoms with E-state index in [1.165, 1.54) is 11.1 Å². The molecule has 0 saturated heterocycles. The van der Waals surface area contributed by atoms with E-state index in [1.54, 1.807) is 0 Å². The number of aryl methyl sites for hydroxylation is 2. The lowest BCUT2D eigenvalue weighted by Crippen LogP contribution is -2.17. The van der Waals surface area contributed by atoms with Crippen LogP contribution in [0.3, 0.4) is 0 Å². The predicted molar refractivity (Wildman–Crippen MR) is 81.0 cm³/mol. The molecule has 1 heteroatoms. The normalized spacial score (nSPS) is 14.5. The summed E-state index contributed by atoms with van der Waals surface area (Å²) in [7, 11) is 0.